The highest BCUT2D eigenvalue weighted by Crippen LogP contribution is 2.13. The maximum Gasteiger partial charge on any atom is 0.0753 e. The second-order valence-corrected chi connectivity index (χ2v) is 3.65. The SMILES string of the molecule is CCCCC(C)C(O)/C=C/I. The minimum atomic E-state index is -0.251. The zero-order valence-corrected chi connectivity index (χ0v) is 9.41. The van der Waals surface area contributed by atoms with Crippen LogP contribution >= 0.6 is 22.6 Å². The van der Waals surface area contributed by atoms with E-state index in [1.165, 1.54) is 12.8 Å². The van der Waals surface area contributed by atoms with Crippen LogP contribution in [0.5, 0.6) is 0 Å². The quantitative estimate of drug-likeness (QED) is 0.759. The molecular weight excluding hydrogens is 251 g/mol. The van der Waals surface area contributed by atoms with Gasteiger partial charge in [-0.1, -0.05) is 49.3 Å². The molecule has 11 heavy (non-hydrogen) atoms. The van der Waals surface area contributed by atoms with Crippen molar-refractivity contribution >= 4 is 22.6 Å². The first kappa shape index (κ1) is 11.4. The summed E-state index contributed by atoms with van der Waals surface area (Å²) < 4.78 is 1.88. The van der Waals surface area contributed by atoms with Crippen molar-refractivity contribution in [1.82, 2.24) is 0 Å². The van der Waals surface area contributed by atoms with Crippen LogP contribution in [-0.2, 0) is 0 Å². The molecule has 0 saturated carbocycles. The molecular formula is C9H17IO. The van der Waals surface area contributed by atoms with Gasteiger partial charge in [0.15, 0.2) is 0 Å². The van der Waals surface area contributed by atoms with Crippen molar-refractivity contribution in [2.24, 2.45) is 5.92 Å². The molecule has 2 atom stereocenters. The number of hydrogen-bond donors (Lipinski definition) is 1. The second kappa shape index (κ2) is 7.10. The van der Waals surface area contributed by atoms with E-state index in [4.69, 9.17) is 0 Å². The van der Waals surface area contributed by atoms with Crippen molar-refractivity contribution < 1.29 is 5.11 Å². The summed E-state index contributed by atoms with van der Waals surface area (Å²) in [7, 11) is 0. The Morgan fingerprint density at radius 3 is 2.64 bits per heavy atom. The van der Waals surface area contributed by atoms with Crippen molar-refractivity contribution in [3.63, 3.8) is 0 Å². The topological polar surface area (TPSA) is 20.2 Å². The number of halogens is 1. The van der Waals surface area contributed by atoms with E-state index in [9.17, 15) is 5.11 Å². The monoisotopic (exact) mass is 268 g/mol. The van der Waals surface area contributed by atoms with Gasteiger partial charge in [0.05, 0.1) is 6.10 Å². The fourth-order valence-electron chi connectivity index (χ4n) is 0.961. The zero-order chi connectivity index (χ0) is 8.69. The van der Waals surface area contributed by atoms with Gasteiger partial charge in [0, 0.05) is 0 Å². The van der Waals surface area contributed by atoms with E-state index >= 15 is 0 Å². The van der Waals surface area contributed by atoms with Gasteiger partial charge in [0.2, 0.25) is 0 Å². The van der Waals surface area contributed by atoms with E-state index in [-0.39, 0.29) is 6.10 Å². The largest absolute Gasteiger partial charge is 0.389 e. The van der Waals surface area contributed by atoms with Gasteiger partial charge in [-0.2, -0.15) is 0 Å². The normalized spacial score (nSPS) is 17.1. The van der Waals surface area contributed by atoms with E-state index in [1.54, 1.807) is 0 Å². The molecule has 0 aromatic carbocycles. The van der Waals surface area contributed by atoms with Gasteiger partial charge in [0.1, 0.15) is 0 Å². The van der Waals surface area contributed by atoms with Crippen LogP contribution in [0.3, 0.4) is 0 Å². The number of rotatable bonds is 5. The van der Waals surface area contributed by atoms with E-state index in [1.807, 2.05) is 10.2 Å². The van der Waals surface area contributed by atoms with Crippen molar-refractivity contribution in [3.05, 3.63) is 10.2 Å². The van der Waals surface area contributed by atoms with Gasteiger partial charge in [-0.15, -0.1) is 0 Å². The summed E-state index contributed by atoms with van der Waals surface area (Å²) >= 11 is 2.13. The molecule has 66 valence electrons. The zero-order valence-electron chi connectivity index (χ0n) is 7.26. The highest BCUT2D eigenvalue weighted by molar-refractivity contribution is 14.1. The van der Waals surface area contributed by atoms with E-state index < -0.39 is 0 Å². The third-order valence-corrected chi connectivity index (χ3v) is 2.28. The van der Waals surface area contributed by atoms with Gasteiger partial charge in [-0.25, -0.2) is 0 Å². The Balaban J connectivity index is 3.54. The Kier molecular flexibility index (Phi) is 7.38. The van der Waals surface area contributed by atoms with Crippen LogP contribution < -0.4 is 0 Å². The summed E-state index contributed by atoms with van der Waals surface area (Å²) in [5, 5.41) is 9.45. The van der Waals surface area contributed by atoms with E-state index in [0.717, 1.165) is 6.42 Å². The first-order chi connectivity index (χ1) is 5.22. The van der Waals surface area contributed by atoms with Crippen LogP contribution in [-0.4, -0.2) is 11.2 Å². The Bertz CT molecular complexity index is 112. The Morgan fingerprint density at radius 2 is 2.18 bits per heavy atom. The molecule has 0 bridgehead atoms. The molecule has 0 fully saturated rings. The summed E-state index contributed by atoms with van der Waals surface area (Å²) in [6.45, 7) is 4.27. The average Bonchev–Trinajstić information content (AvgIpc) is 2.00. The molecule has 2 unspecified atom stereocenters. The Labute approximate surface area is 83.0 Å². The number of aliphatic hydroxyl groups is 1. The minimum Gasteiger partial charge on any atom is -0.389 e. The summed E-state index contributed by atoms with van der Waals surface area (Å²) in [6.07, 6.45) is 5.15. The van der Waals surface area contributed by atoms with E-state index in [0.29, 0.717) is 5.92 Å². The molecule has 0 aliphatic rings. The lowest BCUT2D eigenvalue weighted by atomic mass is 9.98. The van der Waals surface area contributed by atoms with Crippen molar-refractivity contribution in [3.8, 4) is 0 Å². The van der Waals surface area contributed by atoms with Gasteiger partial charge < -0.3 is 5.11 Å². The predicted molar refractivity (Wildman–Crippen MR) is 57.9 cm³/mol. The molecule has 0 spiro atoms. The lowest BCUT2D eigenvalue weighted by Crippen LogP contribution is -2.14. The third-order valence-electron chi connectivity index (χ3n) is 1.87. The van der Waals surface area contributed by atoms with Gasteiger partial charge in [-0.05, 0) is 22.5 Å². The number of unbranched alkanes of at least 4 members (excludes halogenated alkanes) is 1. The van der Waals surface area contributed by atoms with Crippen LogP contribution in [0.25, 0.3) is 0 Å². The second-order valence-electron chi connectivity index (χ2n) is 2.93. The molecule has 0 heterocycles. The molecule has 1 nitrogen and oxygen atoms in total. The van der Waals surface area contributed by atoms with Crippen LogP contribution in [0, 0.1) is 5.92 Å². The molecule has 0 aliphatic heterocycles. The first-order valence-corrected chi connectivity index (χ1v) is 5.41. The molecule has 0 aromatic heterocycles. The molecule has 0 rings (SSSR count). The summed E-state index contributed by atoms with van der Waals surface area (Å²) in [4.78, 5) is 0. The summed E-state index contributed by atoms with van der Waals surface area (Å²) in [6, 6.07) is 0. The van der Waals surface area contributed by atoms with Gasteiger partial charge >= 0.3 is 0 Å². The highest BCUT2D eigenvalue weighted by Gasteiger charge is 2.09. The maximum absolute atomic E-state index is 9.45. The van der Waals surface area contributed by atoms with Crippen molar-refractivity contribution in [2.75, 3.05) is 0 Å². The Morgan fingerprint density at radius 1 is 1.55 bits per heavy atom. The van der Waals surface area contributed by atoms with Gasteiger partial charge in [0.25, 0.3) is 0 Å². The van der Waals surface area contributed by atoms with E-state index in [2.05, 4.69) is 36.4 Å². The van der Waals surface area contributed by atoms with Crippen LogP contribution in [0.2, 0.25) is 0 Å². The average molecular weight is 268 g/mol. The fourth-order valence-corrected chi connectivity index (χ4v) is 1.39. The molecule has 2 heteroatoms. The van der Waals surface area contributed by atoms with Crippen molar-refractivity contribution in [1.29, 1.82) is 0 Å². The lowest BCUT2D eigenvalue weighted by Gasteiger charge is -2.14. The lowest BCUT2D eigenvalue weighted by molar-refractivity contribution is 0.155. The van der Waals surface area contributed by atoms with Crippen LogP contribution in [0.4, 0.5) is 0 Å². The maximum atomic E-state index is 9.45. The minimum absolute atomic E-state index is 0.251. The molecule has 0 saturated heterocycles. The molecule has 0 amide bonds. The molecule has 1 N–H and O–H groups in total. The molecule has 0 aliphatic carbocycles. The summed E-state index contributed by atoms with van der Waals surface area (Å²) in [5.41, 5.74) is 0. The molecule has 0 aromatic rings. The summed E-state index contributed by atoms with van der Waals surface area (Å²) in [5.74, 6) is 0.404. The third kappa shape index (κ3) is 5.67. The van der Waals surface area contributed by atoms with Crippen molar-refractivity contribution in [2.45, 2.75) is 39.2 Å². The first-order valence-electron chi connectivity index (χ1n) is 4.17. The molecule has 0 radical (unpaired) electrons. The number of hydrogen-bond acceptors (Lipinski definition) is 1. The van der Waals surface area contributed by atoms with Crippen LogP contribution in [0.1, 0.15) is 33.1 Å². The standard InChI is InChI=1S/C9H17IO/c1-3-4-5-8(2)9(11)6-7-10/h6-9,11H,3-5H2,1-2H3/b7-6+. The predicted octanol–water partition coefficient (Wildman–Crippen LogP) is 3.12. The smallest absolute Gasteiger partial charge is 0.0753 e. The Hall–Kier alpha value is 0.430. The van der Waals surface area contributed by atoms with Gasteiger partial charge in [-0.3, -0.25) is 0 Å². The number of aliphatic hydroxyl groups excluding tert-OH is 1. The van der Waals surface area contributed by atoms with Crippen LogP contribution in [0.15, 0.2) is 10.2 Å². The highest BCUT2D eigenvalue weighted by atomic mass is 127. The fraction of sp³-hybridized carbons (Fsp3) is 0.778.